The highest BCUT2D eigenvalue weighted by Gasteiger charge is 2.20. The van der Waals surface area contributed by atoms with Crippen LogP contribution in [0.4, 0.5) is 5.69 Å². The fourth-order valence-corrected chi connectivity index (χ4v) is 3.78. The zero-order valence-corrected chi connectivity index (χ0v) is 16.5. The molecular formula is C17H21N3O5S2. The Morgan fingerprint density at radius 3 is 2.11 bits per heavy atom. The van der Waals surface area contributed by atoms with Gasteiger partial charge in [0.15, 0.2) is 0 Å². The van der Waals surface area contributed by atoms with Crippen molar-refractivity contribution in [1.29, 1.82) is 0 Å². The number of rotatable bonds is 7. The van der Waals surface area contributed by atoms with E-state index in [1.807, 2.05) is 13.8 Å². The third kappa shape index (κ3) is 5.28. The van der Waals surface area contributed by atoms with Crippen LogP contribution < -0.4 is 15.2 Å². The average Bonchev–Trinajstić information content (AvgIpc) is 2.61. The second-order valence-corrected chi connectivity index (χ2v) is 9.19. The first-order valence-electron chi connectivity index (χ1n) is 8.10. The summed E-state index contributed by atoms with van der Waals surface area (Å²) in [4.78, 5) is 12.0. The van der Waals surface area contributed by atoms with Crippen molar-refractivity contribution in [3.63, 3.8) is 0 Å². The highest BCUT2D eigenvalue weighted by Crippen LogP contribution is 2.21. The Labute approximate surface area is 158 Å². The van der Waals surface area contributed by atoms with E-state index in [1.165, 1.54) is 12.1 Å². The average molecular weight is 412 g/mol. The molecule has 0 unspecified atom stereocenters. The molecule has 0 saturated heterocycles. The monoisotopic (exact) mass is 411 g/mol. The molecule has 0 spiro atoms. The number of hydrogen-bond acceptors (Lipinski definition) is 5. The molecule has 4 N–H and O–H groups in total. The molecular weight excluding hydrogens is 390 g/mol. The summed E-state index contributed by atoms with van der Waals surface area (Å²) in [5.74, 6) is -0.396. The summed E-state index contributed by atoms with van der Waals surface area (Å²) in [6.07, 6.45) is 0.732. The topological polar surface area (TPSA) is 135 Å². The molecule has 0 aliphatic heterocycles. The number of primary sulfonamides is 1. The molecule has 8 nitrogen and oxygen atoms in total. The number of sulfonamides is 2. The molecule has 0 aliphatic carbocycles. The van der Waals surface area contributed by atoms with E-state index in [9.17, 15) is 21.6 Å². The van der Waals surface area contributed by atoms with Crippen molar-refractivity contribution >= 4 is 31.6 Å². The van der Waals surface area contributed by atoms with Gasteiger partial charge in [-0.15, -0.1) is 0 Å². The number of carbonyl (C=O) groups is 1. The summed E-state index contributed by atoms with van der Waals surface area (Å²) in [6, 6.07) is 10.6. The SMILES string of the molecule is CC[C@H](C)NC(=O)c1ccccc1NS(=O)(=O)c1ccc(S(N)(=O)=O)cc1. The van der Waals surface area contributed by atoms with Crippen LogP contribution >= 0.6 is 0 Å². The number of nitrogens with one attached hydrogen (secondary N) is 2. The molecule has 2 aromatic rings. The minimum atomic E-state index is -4.03. The molecule has 1 atom stereocenters. The Morgan fingerprint density at radius 1 is 1.00 bits per heavy atom. The normalized spacial score (nSPS) is 13.0. The number of amides is 1. The van der Waals surface area contributed by atoms with Crippen molar-refractivity contribution in [1.82, 2.24) is 5.32 Å². The van der Waals surface area contributed by atoms with Gasteiger partial charge in [-0.2, -0.15) is 0 Å². The number of carbonyl (C=O) groups excluding carboxylic acids is 1. The van der Waals surface area contributed by atoms with Gasteiger partial charge in [-0.05, 0) is 49.7 Å². The molecule has 0 fully saturated rings. The van der Waals surface area contributed by atoms with E-state index in [1.54, 1.807) is 12.1 Å². The van der Waals surface area contributed by atoms with E-state index in [2.05, 4.69) is 10.0 Å². The van der Waals surface area contributed by atoms with Crippen molar-refractivity contribution in [2.24, 2.45) is 5.14 Å². The van der Waals surface area contributed by atoms with E-state index < -0.39 is 26.0 Å². The molecule has 146 valence electrons. The number of nitrogens with two attached hydrogens (primary N) is 1. The third-order valence-electron chi connectivity index (χ3n) is 3.87. The van der Waals surface area contributed by atoms with Crippen molar-refractivity contribution in [2.45, 2.75) is 36.1 Å². The molecule has 10 heteroatoms. The van der Waals surface area contributed by atoms with Gasteiger partial charge in [0, 0.05) is 6.04 Å². The van der Waals surface area contributed by atoms with Gasteiger partial charge in [-0.3, -0.25) is 9.52 Å². The number of anilines is 1. The molecule has 0 saturated carbocycles. The number of hydrogen-bond donors (Lipinski definition) is 3. The van der Waals surface area contributed by atoms with Gasteiger partial charge in [0.05, 0.1) is 21.0 Å². The molecule has 0 aromatic heterocycles. The zero-order chi connectivity index (χ0) is 20.2. The quantitative estimate of drug-likeness (QED) is 0.637. The van der Waals surface area contributed by atoms with Gasteiger partial charge >= 0.3 is 0 Å². The first-order chi connectivity index (χ1) is 12.5. The lowest BCUT2D eigenvalue weighted by Gasteiger charge is -2.15. The van der Waals surface area contributed by atoms with Crippen LogP contribution in [0.1, 0.15) is 30.6 Å². The fourth-order valence-electron chi connectivity index (χ4n) is 2.19. The summed E-state index contributed by atoms with van der Waals surface area (Å²) >= 11 is 0. The maximum absolute atomic E-state index is 12.6. The number of benzene rings is 2. The van der Waals surface area contributed by atoms with E-state index in [4.69, 9.17) is 5.14 Å². The zero-order valence-electron chi connectivity index (χ0n) is 14.8. The Morgan fingerprint density at radius 2 is 1.56 bits per heavy atom. The van der Waals surface area contributed by atoms with Crippen LogP contribution in [0.3, 0.4) is 0 Å². The molecule has 27 heavy (non-hydrogen) atoms. The van der Waals surface area contributed by atoms with Crippen LogP contribution in [0.25, 0.3) is 0 Å². The summed E-state index contributed by atoms with van der Waals surface area (Å²) in [5.41, 5.74) is 0.302. The molecule has 0 bridgehead atoms. The minimum absolute atomic E-state index is 0.0621. The van der Waals surface area contributed by atoms with E-state index in [0.717, 1.165) is 30.7 Å². The van der Waals surface area contributed by atoms with Crippen LogP contribution in [0.15, 0.2) is 58.3 Å². The lowest BCUT2D eigenvalue weighted by Crippen LogP contribution is -2.32. The van der Waals surface area contributed by atoms with Crippen molar-refractivity contribution < 1.29 is 21.6 Å². The van der Waals surface area contributed by atoms with Crippen LogP contribution in [0.2, 0.25) is 0 Å². The van der Waals surface area contributed by atoms with Crippen LogP contribution in [0.5, 0.6) is 0 Å². The molecule has 2 rings (SSSR count). The van der Waals surface area contributed by atoms with Gasteiger partial charge in [0.2, 0.25) is 10.0 Å². The first kappa shape index (κ1) is 20.9. The van der Waals surface area contributed by atoms with Crippen LogP contribution in [-0.4, -0.2) is 28.8 Å². The van der Waals surface area contributed by atoms with E-state index in [-0.39, 0.29) is 27.1 Å². The van der Waals surface area contributed by atoms with Gasteiger partial charge in [-0.1, -0.05) is 19.1 Å². The Hall–Kier alpha value is -2.43. The van der Waals surface area contributed by atoms with E-state index >= 15 is 0 Å². The van der Waals surface area contributed by atoms with E-state index in [0.29, 0.717) is 0 Å². The first-order valence-corrected chi connectivity index (χ1v) is 11.1. The largest absolute Gasteiger partial charge is 0.350 e. The smallest absolute Gasteiger partial charge is 0.261 e. The fraction of sp³-hybridized carbons (Fsp3) is 0.235. The molecule has 0 aliphatic rings. The molecule has 2 aromatic carbocycles. The minimum Gasteiger partial charge on any atom is -0.350 e. The Bertz CT molecular complexity index is 1030. The van der Waals surface area contributed by atoms with Crippen molar-refractivity contribution in [3.8, 4) is 0 Å². The van der Waals surface area contributed by atoms with Gasteiger partial charge < -0.3 is 5.32 Å². The summed E-state index contributed by atoms with van der Waals surface area (Å²) in [5, 5.41) is 7.79. The predicted molar refractivity (Wildman–Crippen MR) is 102 cm³/mol. The highest BCUT2D eigenvalue weighted by atomic mass is 32.2. The van der Waals surface area contributed by atoms with Gasteiger partial charge in [0.1, 0.15) is 0 Å². The van der Waals surface area contributed by atoms with Crippen LogP contribution in [0, 0.1) is 0 Å². The highest BCUT2D eigenvalue weighted by molar-refractivity contribution is 7.92. The maximum Gasteiger partial charge on any atom is 0.261 e. The lowest BCUT2D eigenvalue weighted by atomic mass is 10.1. The lowest BCUT2D eigenvalue weighted by molar-refractivity contribution is 0.0940. The predicted octanol–water partition coefficient (Wildman–Crippen LogP) is 1.66. The van der Waals surface area contributed by atoms with Crippen LogP contribution in [-0.2, 0) is 20.0 Å². The summed E-state index contributed by atoms with van der Waals surface area (Å²) < 4.78 is 50.1. The van der Waals surface area contributed by atoms with Gasteiger partial charge in [0.25, 0.3) is 15.9 Å². The third-order valence-corrected chi connectivity index (χ3v) is 6.18. The standard InChI is InChI=1S/C17H21N3O5S2/c1-3-12(2)19-17(21)15-6-4-5-7-16(15)20-27(24,25)14-10-8-13(9-11-14)26(18,22)23/h4-12,20H,3H2,1-2H3,(H,19,21)(H2,18,22,23)/t12-/m0/s1. The Kier molecular flexibility index (Phi) is 6.24. The molecule has 0 heterocycles. The maximum atomic E-state index is 12.6. The Balaban J connectivity index is 2.32. The number of para-hydroxylation sites is 1. The summed E-state index contributed by atoms with van der Waals surface area (Å²) in [7, 11) is -7.96. The second-order valence-electron chi connectivity index (χ2n) is 5.95. The summed E-state index contributed by atoms with van der Waals surface area (Å²) in [6.45, 7) is 3.77. The molecule has 0 radical (unpaired) electrons. The van der Waals surface area contributed by atoms with Crippen molar-refractivity contribution in [2.75, 3.05) is 4.72 Å². The van der Waals surface area contributed by atoms with Crippen molar-refractivity contribution in [3.05, 3.63) is 54.1 Å². The van der Waals surface area contributed by atoms with Gasteiger partial charge in [-0.25, -0.2) is 22.0 Å². The molecule has 1 amide bonds. The second kappa shape index (κ2) is 8.07.